The smallest absolute Gasteiger partial charge is 0.281 e. The SMILES string of the molecule is CCCCc1nc(O)c(S(=O)(=O)c2ccc(-c3ccnc(OC)c3)cc2)c(=O)n1-c1c(OC)cccc1OC. The van der Waals surface area contributed by atoms with Gasteiger partial charge in [0.2, 0.25) is 21.6 Å². The third-order valence-electron chi connectivity index (χ3n) is 6.18. The lowest BCUT2D eigenvalue weighted by atomic mass is 10.1. The normalized spacial score (nSPS) is 11.3. The lowest BCUT2D eigenvalue weighted by Gasteiger charge is -2.19. The van der Waals surface area contributed by atoms with E-state index in [4.69, 9.17) is 14.2 Å². The fourth-order valence-electron chi connectivity index (χ4n) is 4.20. The average molecular weight is 552 g/mol. The molecule has 10 nitrogen and oxygen atoms in total. The molecule has 2 heterocycles. The molecule has 39 heavy (non-hydrogen) atoms. The average Bonchev–Trinajstić information content (AvgIpc) is 2.95. The van der Waals surface area contributed by atoms with Crippen molar-refractivity contribution in [1.29, 1.82) is 0 Å². The van der Waals surface area contributed by atoms with Crippen molar-refractivity contribution in [3.63, 3.8) is 0 Å². The fraction of sp³-hybridized carbons (Fsp3) is 0.250. The third kappa shape index (κ3) is 5.30. The molecule has 0 spiro atoms. The van der Waals surface area contributed by atoms with E-state index in [9.17, 15) is 18.3 Å². The van der Waals surface area contributed by atoms with Crippen molar-refractivity contribution in [3.05, 3.63) is 77.0 Å². The maximum absolute atomic E-state index is 13.9. The van der Waals surface area contributed by atoms with Gasteiger partial charge in [-0.25, -0.2) is 13.4 Å². The summed E-state index contributed by atoms with van der Waals surface area (Å²) in [6.07, 6.45) is 3.33. The Morgan fingerprint density at radius 2 is 1.59 bits per heavy atom. The molecule has 0 atom stereocenters. The molecular weight excluding hydrogens is 522 g/mol. The third-order valence-corrected chi connectivity index (χ3v) is 7.97. The number of unbranched alkanes of at least 4 members (excludes halogenated alkanes) is 1. The molecule has 4 rings (SSSR count). The molecule has 4 aromatic rings. The molecule has 2 aromatic heterocycles. The Bertz CT molecular complexity index is 1630. The minimum absolute atomic E-state index is 0.179. The van der Waals surface area contributed by atoms with Gasteiger partial charge in [0.05, 0.1) is 26.2 Å². The number of hydrogen-bond donors (Lipinski definition) is 1. The van der Waals surface area contributed by atoms with E-state index in [1.165, 1.54) is 33.5 Å². The quantitative estimate of drug-likeness (QED) is 0.308. The number of sulfone groups is 1. The molecule has 1 N–H and O–H groups in total. The van der Waals surface area contributed by atoms with Crippen LogP contribution in [0.1, 0.15) is 25.6 Å². The van der Waals surface area contributed by atoms with E-state index in [-0.39, 0.29) is 27.9 Å². The van der Waals surface area contributed by atoms with Crippen LogP contribution < -0.4 is 19.8 Å². The Morgan fingerprint density at radius 3 is 2.18 bits per heavy atom. The zero-order valence-corrected chi connectivity index (χ0v) is 22.9. The van der Waals surface area contributed by atoms with Crippen LogP contribution in [0.25, 0.3) is 16.8 Å². The topological polar surface area (TPSA) is 130 Å². The van der Waals surface area contributed by atoms with E-state index < -0.39 is 26.2 Å². The van der Waals surface area contributed by atoms with Gasteiger partial charge in [-0.3, -0.25) is 9.36 Å². The Morgan fingerprint density at radius 1 is 0.923 bits per heavy atom. The van der Waals surface area contributed by atoms with Gasteiger partial charge in [-0.1, -0.05) is 31.5 Å². The Kier molecular flexibility index (Phi) is 8.20. The van der Waals surface area contributed by atoms with Crippen molar-refractivity contribution in [1.82, 2.24) is 14.5 Å². The number of pyridine rings is 1. The highest BCUT2D eigenvalue weighted by Crippen LogP contribution is 2.34. The number of aryl methyl sites for hydroxylation is 1. The number of nitrogens with zero attached hydrogens (tertiary/aromatic N) is 3. The van der Waals surface area contributed by atoms with E-state index in [1.807, 2.05) is 6.92 Å². The van der Waals surface area contributed by atoms with Crippen molar-refractivity contribution < 1.29 is 27.7 Å². The van der Waals surface area contributed by atoms with Gasteiger partial charge in [0.25, 0.3) is 5.56 Å². The van der Waals surface area contributed by atoms with Gasteiger partial charge in [0, 0.05) is 18.7 Å². The molecule has 0 fully saturated rings. The fourth-order valence-corrected chi connectivity index (χ4v) is 5.54. The van der Waals surface area contributed by atoms with E-state index in [0.717, 1.165) is 16.6 Å². The lowest BCUT2D eigenvalue weighted by molar-refractivity contribution is 0.386. The van der Waals surface area contributed by atoms with Crippen LogP contribution in [-0.4, -0.2) is 49.4 Å². The highest BCUT2D eigenvalue weighted by molar-refractivity contribution is 7.91. The molecular formula is C28H29N3O7S. The monoisotopic (exact) mass is 551 g/mol. The zero-order chi connectivity index (χ0) is 28.2. The van der Waals surface area contributed by atoms with E-state index in [1.54, 1.807) is 48.7 Å². The second-order valence-corrected chi connectivity index (χ2v) is 10.4. The highest BCUT2D eigenvalue weighted by atomic mass is 32.2. The molecule has 204 valence electrons. The summed E-state index contributed by atoms with van der Waals surface area (Å²) in [5, 5.41) is 10.8. The van der Waals surface area contributed by atoms with Crippen LogP contribution in [0.2, 0.25) is 0 Å². The minimum Gasteiger partial charge on any atom is -0.494 e. The summed E-state index contributed by atoms with van der Waals surface area (Å²) in [5.41, 5.74) is 0.716. The molecule has 0 saturated carbocycles. The molecule has 0 aliphatic carbocycles. The number of benzene rings is 2. The van der Waals surface area contributed by atoms with Crippen molar-refractivity contribution in [2.75, 3.05) is 21.3 Å². The summed E-state index contributed by atoms with van der Waals surface area (Å²) in [6.45, 7) is 1.97. The second-order valence-electron chi connectivity index (χ2n) is 8.55. The summed E-state index contributed by atoms with van der Waals surface area (Å²) in [7, 11) is -0.118. The summed E-state index contributed by atoms with van der Waals surface area (Å²) in [5.74, 6) is 0.294. The predicted octanol–water partition coefficient (Wildman–Crippen LogP) is 4.20. The molecule has 0 saturated heterocycles. The van der Waals surface area contributed by atoms with Crippen LogP contribution in [0.4, 0.5) is 0 Å². The van der Waals surface area contributed by atoms with Crippen molar-refractivity contribution in [3.8, 4) is 40.1 Å². The van der Waals surface area contributed by atoms with E-state index >= 15 is 0 Å². The number of aromatic hydroxyl groups is 1. The molecule has 11 heteroatoms. The van der Waals surface area contributed by atoms with Crippen LogP contribution in [-0.2, 0) is 16.3 Å². The maximum Gasteiger partial charge on any atom is 0.281 e. The Hall–Kier alpha value is -4.38. The van der Waals surface area contributed by atoms with Crippen molar-refractivity contribution in [2.24, 2.45) is 0 Å². The molecule has 0 aliphatic heterocycles. The second kappa shape index (κ2) is 11.6. The number of rotatable bonds is 10. The number of para-hydroxylation sites is 1. The van der Waals surface area contributed by atoms with Gasteiger partial charge in [-0.2, -0.15) is 4.98 Å². The first kappa shape index (κ1) is 27.6. The minimum atomic E-state index is -4.48. The first-order valence-corrected chi connectivity index (χ1v) is 13.7. The van der Waals surface area contributed by atoms with E-state index in [2.05, 4.69) is 9.97 Å². The largest absolute Gasteiger partial charge is 0.494 e. The van der Waals surface area contributed by atoms with Crippen molar-refractivity contribution >= 4 is 9.84 Å². The molecule has 0 aliphatic rings. The van der Waals surface area contributed by atoms with Crippen molar-refractivity contribution in [2.45, 2.75) is 36.0 Å². The van der Waals surface area contributed by atoms with Gasteiger partial charge in [0.1, 0.15) is 23.0 Å². The molecule has 2 aromatic carbocycles. The van der Waals surface area contributed by atoms with Crippen LogP contribution >= 0.6 is 0 Å². The number of hydrogen-bond acceptors (Lipinski definition) is 9. The van der Waals surface area contributed by atoms with Crippen LogP contribution in [0.5, 0.6) is 23.3 Å². The maximum atomic E-state index is 13.9. The first-order chi connectivity index (χ1) is 18.8. The predicted molar refractivity (Wildman–Crippen MR) is 145 cm³/mol. The van der Waals surface area contributed by atoms with E-state index in [0.29, 0.717) is 24.3 Å². The summed E-state index contributed by atoms with van der Waals surface area (Å²) < 4.78 is 44.7. The van der Waals surface area contributed by atoms with Gasteiger partial charge >= 0.3 is 0 Å². The molecule has 0 amide bonds. The van der Waals surface area contributed by atoms with Gasteiger partial charge < -0.3 is 19.3 Å². The lowest BCUT2D eigenvalue weighted by Crippen LogP contribution is -2.29. The van der Waals surface area contributed by atoms with Gasteiger partial charge in [-0.05, 0) is 47.9 Å². The Balaban J connectivity index is 1.91. The standard InChI is InChI=1S/C28H29N3O7S/c1-5-6-10-23-30-27(32)26(28(33)31(23)25-21(36-2)8-7-9-22(25)37-3)39(34,35)20-13-11-18(12-14-20)19-15-16-29-24(17-19)38-4/h7-9,11-17,32H,5-6,10H2,1-4H3. The van der Waals surface area contributed by atoms with Gasteiger partial charge in [-0.15, -0.1) is 0 Å². The van der Waals surface area contributed by atoms with Crippen LogP contribution in [0, 0.1) is 0 Å². The number of methoxy groups -OCH3 is 3. The molecule has 0 radical (unpaired) electrons. The number of aromatic nitrogens is 3. The number of ether oxygens (including phenoxy) is 3. The summed E-state index contributed by atoms with van der Waals surface area (Å²) in [6, 6.07) is 14.4. The molecule has 0 bridgehead atoms. The van der Waals surface area contributed by atoms with Crippen LogP contribution in [0.15, 0.2) is 75.4 Å². The zero-order valence-electron chi connectivity index (χ0n) is 22.0. The summed E-state index contributed by atoms with van der Waals surface area (Å²) >= 11 is 0. The Labute approximate surface area is 226 Å². The summed E-state index contributed by atoms with van der Waals surface area (Å²) in [4.78, 5) is 21.2. The van der Waals surface area contributed by atoms with Gasteiger partial charge in [0.15, 0.2) is 4.90 Å². The highest BCUT2D eigenvalue weighted by Gasteiger charge is 2.31. The van der Waals surface area contributed by atoms with Crippen LogP contribution in [0.3, 0.4) is 0 Å². The first-order valence-electron chi connectivity index (χ1n) is 12.2. The molecule has 0 unspecified atom stereocenters.